The van der Waals surface area contributed by atoms with Gasteiger partial charge < -0.3 is 4.90 Å². The molecule has 8 heteroatoms. The average Bonchev–Trinajstić information content (AvgIpc) is 2.61. The van der Waals surface area contributed by atoms with E-state index in [0.29, 0.717) is 4.90 Å². The summed E-state index contributed by atoms with van der Waals surface area (Å²) in [5.74, 6) is -0.789. The van der Waals surface area contributed by atoms with Crippen molar-refractivity contribution in [3.05, 3.63) is 18.0 Å². The Kier molecular flexibility index (Phi) is 4.39. The number of carbonyl (C=O) groups excluding carboxylic acids is 1. The molecule has 0 N–H and O–H groups in total. The molecule has 96 valence electrons. The number of hydrogen-bond acceptors (Lipinski definition) is 2. The molecule has 0 aliphatic carbocycles. The van der Waals surface area contributed by atoms with E-state index < -0.39 is 18.6 Å². The first-order valence-corrected chi connectivity index (χ1v) is 5.28. The predicted octanol–water partition coefficient (Wildman–Crippen LogP) is 1.66. The number of aromatic nitrogens is 2. The Morgan fingerprint density at radius 3 is 2.65 bits per heavy atom. The summed E-state index contributed by atoms with van der Waals surface area (Å²) in [4.78, 5) is 12.5. The highest BCUT2D eigenvalue weighted by molar-refractivity contribution is 6.18. The van der Waals surface area contributed by atoms with Crippen LogP contribution in [0.15, 0.2) is 12.3 Å². The zero-order valence-corrected chi connectivity index (χ0v) is 9.79. The van der Waals surface area contributed by atoms with Gasteiger partial charge in [0.15, 0.2) is 0 Å². The molecule has 0 unspecified atom stereocenters. The molecule has 0 aliphatic rings. The van der Waals surface area contributed by atoms with Gasteiger partial charge in [0.1, 0.15) is 12.2 Å². The SMILES string of the molecule is Cn1nccc1C(=O)N(CCCl)CC(F)(F)F. The Morgan fingerprint density at radius 2 is 2.24 bits per heavy atom. The van der Waals surface area contributed by atoms with Gasteiger partial charge in [-0.25, -0.2) is 0 Å². The topological polar surface area (TPSA) is 38.1 Å². The average molecular weight is 270 g/mol. The highest BCUT2D eigenvalue weighted by atomic mass is 35.5. The molecule has 0 saturated heterocycles. The minimum absolute atomic E-state index is 0.0559. The van der Waals surface area contributed by atoms with Crippen LogP contribution >= 0.6 is 11.6 Å². The Hall–Kier alpha value is -1.24. The van der Waals surface area contributed by atoms with Crippen LogP contribution in [0.5, 0.6) is 0 Å². The maximum absolute atomic E-state index is 12.3. The molecule has 0 bridgehead atoms. The van der Waals surface area contributed by atoms with Crippen LogP contribution < -0.4 is 0 Å². The van der Waals surface area contributed by atoms with E-state index in [2.05, 4.69) is 5.10 Å². The van der Waals surface area contributed by atoms with E-state index >= 15 is 0 Å². The lowest BCUT2D eigenvalue weighted by Gasteiger charge is -2.22. The minimum atomic E-state index is -4.44. The van der Waals surface area contributed by atoms with Crippen molar-refractivity contribution >= 4 is 17.5 Å². The Labute approximate surface area is 101 Å². The minimum Gasteiger partial charge on any atom is -0.327 e. The molecule has 0 aromatic carbocycles. The lowest BCUT2D eigenvalue weighted by Crippen LogP contribution is -2.40. The summed E-state index contributed by atoms with van der Waals surface area (Å²) in [6.45, 7) is -1.48. The molecule has 0 fully saturated rings. The molecule has 0 saturated carbocycles. The molecular formula is C9H11ClF3N3O. The molecule has 1 heterocycles. The summed E-state index contributed by atoms with van der Waals surface area (Å²) in [7, 11) is 1.49. The van der Waals surface area contributed by atoms with E-state index in [9.17, 15) is 18.0 Å². The molecule has 0 aliphatic heterocycles. The first-order valence-electron chi connectivity index (χ1n) is 4.75. The van der Waals surface area contributed by atoms with Gasteiger partial charge in [-0.15, -0.1) is 11.6 Å². The molecule has 1 rings (SSSR count). The summed E-state index contributed by atoms with van der Waals surface area (Å²) >= 11 is 5.39. The van der Waals surface area contributed by atoms with Crippen LogP contribution in [0.4, 0.5) is 13.2 Å². The lowest BCUT2D eigenvalue weighted by molar-refractivity contribution is -0.140. The van der Waals surface area contributed by atoms with E-state index in [1.54, 1.807) is 0 Å². The van der Waals surface area contributed by atoms with Gasteiger partial charge >= 0.3 is 6.18 Å². The first-order chi connectivity index (χ1) is 7.85. The monoisotopic (exact) mass is 269 g/mol. The van der Waals surface area contributed by atoms with Crippen molar-refractivity contribution in [1.82, 2.24) is 14.7 Å². The third-order valence-electron chi connectivity index (χ3n) is 2.05. The predicted molar refractivity (Wildman–Crippen MR) is 55.9 cm³/mol. The molecule has 0 radical (unpaired) electrons. The standard InChI is InChI=1S/C9H11ClF3N3O/c1-15-7(2-4-14-15)8(17)16(5-3-10)6-9(11,12)13/h2,4H,3,5-6H2,1H3. The molecule has 17 heavy (non-hydrogen) atoms. The largest absolute Gasteiger partial charge is 0.406 e. The summed E-state index contributed by atoms with van der Waals surface area (Å²) in [6.07, 6.45) is -3.10. The van der Waals surface area contributed by atoms with E-state index in [1.807, 2.05) is 0 Å². The normalized spacial score (nSPS) is 11.6. The zero-order chi connectivity index (χ0) is 13.1. The molecule has 1 aromatic heterocycles. The quantitative estimate of drug-likeness (QED) is 0.780. The van der Waals surface area contributed by atoms with Crippen LogP contribution in [0, 0.1) is 0 Å². The molecular weight excluding hydrogens is 259 g/mol. The van der Waals surface area contributed by atoms with Crippen LogP contribution in [0.1, 0.15) is 10.5 Å². The van der Waals surface area contributed by atoms with Gasteiger partial charge in [-0.1, -0.05) is 0 Å². The highest BCUT2D eigenvalue weighted by Crippen LogP contribution is 2.18. The maximum atomic E-state index is 12.3. The van der Waals surface area contributed by atoms with E-state index in [-0.39, 0.29) is 18.1 Å². The third-order valence-corrected chi connectivity index (χ3v) is 2.22. The van der Waals surface area contributed by atoms with Crippen LogP contribution in [0.2, 0.25) is 0 Å². The van der Waals surface area contributed by atoms with Crippen molar-refractivity contribution in [3.8, 4) is 0 Å². The molecule has 4 nitrogen and oxygen atoms in total. The van der Waals surface area contributed by atoms with Gasteiger partial charge in [-0.2, -0.15) is 18.3 Å². The lowest BCUT2D eigenvalue weighted by atomic mass is 10.3. The van der Waals surface area contributed by atoms with Crippen LogP contribution in [0.25, 0.3) is 0 Å². The van der Waals surface area contributed by atoms with Crippen molar-refractivity contribution in [2.45, 2.75) is 6.18 Å². The Morgan fingerprint density at radius 1 is 1.59 bits per heavy atom. The number of alkyl halides is 4. The fraction of sp³-hybridized carbons (Fsp3) is 0.556. The van der Waals surface area contributed by atoms with E-state index in [0.717, 1.165) is 0 Å². The number of rotatable bonds is 4. The second kappa shape index (κ2) is 5.39. The van der Waals surface area contributed by atoms with Crippen LogP contribution in [0.3, 0.4) is 0 Å². The molecule has 0 spiro atoms. The number of hydrogen-bond donors (Lipinski definition) is 0. The fourth-order valence-electron chi connectivity index (χ4n) is 1.32. The fourth-order valence-corrected chi connectivity index (χ4v) is 1.52. The first kappa shape index (κ1) is 13.8. The van der Waals surface area contributed by atoms with Crippen molar-refractivity contribution in [2.24, 2.45) is 7.05 Å². The van der Waals surface area contributed by atoms with Gasteiger partial charge in [0.25, 0.3) is 5.91 Å². The smallest absolute Gasteiger partial charge is 0.327 e. The third kappa shape index (κ3) is 3.92. The Balaban J connectivity index is 2.84. The number of nitrogens with zero attached hydrogens (tertiary/aromatic N) is 3. The molecule has 1 aromatic rings. The summed E-state index contributed by atoms with van der Waals surface area (Å²) in [5, 5.41) is 3.73. The van der Waals surface area contributed by atoms with Crippen molar-refractivity contribution < 1.29 is 18.0 Å². The van der Waals surface area contributed by atoms with Gasteiger partial charge in [0.05, 0.1) is 0 Å². The second-order valence-corrected chi connectivity index (χ2v) is 3.75. The second-order valence-electron chi connectivity index (χ2n) is 3.37. The van der Waals surface area contributed by atoms with Gasteiger partial charge in [-0.3, -0.25) is 9.48 Å². The summed E-state index contributed by atoms with van der Waals surface area (Å²) in [5.41, 5.74) is 0.0966. The Bertz CT molecular complexity index is 391. The highest BCUT2D eigenvalue weighted by Gasteiger charge is 2.33. The number of carbonyl (C=O) groups is 1. The van der Waals surface area contributed by atoms with Crippen molar-refractivity contribution in [1.29, 1.82) is 0 Å². The van der Waals surface area contributed by atoms with Crippen LogP contribution in [-0.2, 0) is 7.05 Å². The van der Waals surface area contributed by atoms with Gasteiger partial charge in [0.2, 0.25) is 0 Å². The summed E-state index contributed by atoms with van der Waals surface area (Å²) in [6, 6.07) is 1.36. The zero-order valence-electron chi connectivity index (χ0n) is 9.04. The van der Waals surface area contributed by atoms with Crippen LogP contribution in [-0.4, -0.2) is 45.7 Å². The summed E-state index contributed by atoms with van der Waals surface area (Å²) < 4.78 is 38.0. The van der Waals surface area contributed by atoms with Crippen molar-refractivity contribution in [2.75, 3.05) is 19.0 Å². The number of aryl methyl sites for hydroxylation is 1. The van der Waals surface area contributed by atoms with E-state index in [4.69, 9.17) is 11.6 Å². The van der Waals surface area contributed by atoms with E-state index in [1.165, 1.54) is 24.0 Å². The van der Waals surface area contributed by atoms with Crippen molar-refractivity contribution in [3.63, 3.8) is 0 Å². The van der Waals surface area contributed by atoms with Gasteiger partial charge in [-0.05, 0) is 6.07 Å². The van der Waals surface area contributed by atoms with Gasteiger partial charge in [0, 0.05) is 25.7 Å². The molecule has 0 atom stereocenters. The maximum Gasteiger partial charge on any atom is 0.406 e. The molecule has 1 amide bonds. The number of amides is 1. The number of halogens is 4.